The molecular formula is C44H54Cl2N8O12S2. The van der Waals surface area contributed by atoms with Crippen LogP contribution in [0.3, 0.4) is 0 Å². The molecule has 4 aromatic carbocycles. The lowest BCUT2D eigenvalue weighted by Gasteiger charge is -2.28. The minimum atomic E-state index is -3.92. The minimum absolute atomic E-state index is 0. The maximum atomic E-state index is 12.8. The Bertz CT molecular complexity index is 2700. The van der Waals surface area contributed by atoms with Crippen molar-refractivity contribution in [2.45, 2.75) is 9.79 Å². The van der Waals surface area contributed by atoms with Crippen LogP contribution in [-0.2, 0) is 29.5 Å². The van der Waals surface area contributed by atoms with Crippen molar-refractivity contribution in [1.82, 2.24) is 20.2 Å². The second kappa shape index (κ2) is 25.1. The lowest BCUT2D eigenvalue weighted by atomic mass is 10.2. The lowest BCUT2D eigenvalue weighted by Crippen LogP contribution is -2.41. The number of benzene rings is 4. The third kappa shape index (κ3) is 13.7. The van der Waals surface area contributed by atoms with Crippen molar-refractivity contribution in [2.75, 3.05) is 107 Å². The van der Waals surface area contributed by atoms with Gasteiger partial charge >= 0.3 is 0 Å². The molecule has 2 fully saturated rings. The van der Waals surface area contributed by atoms with Gasteiger partial charge in [0.2, 0.25) is 0 Å². The maximum absolute atomic E-state index is 12.8. The number of phenols is 2. The summed E-state index contributed by atoms with van der Waals surface area (Å²) in [5, 5.41) is 29.6. The first kappa shape index (κ1) is 53.2. The molecule has 24 heteroatoms. The molecule has 2 saturated heterocycles. The van der Waals surface area contributed by atoms with E-state index in [1.165, 1.54) is 34.5 Å². The molecule has 20 nitrogen and oxygen atoms in total. The predicted octanol–water partition coefficient (Wildman–Crippen LogP) is 3.99. The summed E-state index contributed by atoms with van der Waals surface area (Å²) in [6.45, 7) is 9.33. The van der Waals surface area contributed by atoms with Crippen molar-refractivity contribution in [2.24, 2.45) is 19.0 Å². The summed E-state index contributed by atoms with van der Waals surface area (Å²) in [7, 11) is -1.77. The predicted molar refractivity (Wildman–Crippen MR) is 260 cm³/mol. The summed E-state index contributed by atoms with van der Waals surface area (Å²) >= 11 is 5.67. The third-order valence-corrected chi connectivity index (χ3v) is 13.6. The second-order valence-corrected chi connectivity index (χ2v) is 18.2. The van der Waals surface area contributed by atoms with E-state index in [-0.39, 0.29) is 56.2 Å². The van der Waals surface area contributed by atoms with Crippen molar-refractivity contribution >= 4 is 67.5 Å². The van der Waals surface area contributed by atoms with Gasteiger partial charge in [-0.05, 0) is 65.7 Å². The smallest absolute Gasteiger partial charge is 0.288 e. The maximum Gasteiger partial charge on any atom is 0.288 e. The summed E-state index contributed by atoms with van der Waals surface area (Å²) in [6.07, 6.45) is 3.29. The highest BCUT2D eigenvalue weighted by Gasteiger charge is 2.36. The number of sulfonamides is 2. The lowest BCUT2D eigenvalue weighted by molar-refractivity contribution is 0.0360. The molecule has 0 aliphatic carbocycles. The fraction of sp³-hybridized carbons (Fsp3) is 0.364. The molecule has 4 aliphatic rings. The van der Waals surface area contributed by atoms with Crippen LogP contribution >= 0.6 is 24.0 Å². The van der Waals surface area contributed by atoms with E-state index in [1.807, 2.05) is 0 Å². The monoisotopic (exact) mass is 1020 g/mol. The number of hydrazone groups is 2. The van der Waals surface area contributed by atoms with Crippen LogP contribution in [-0.4, -0.2) is 173 Å². The number of rotatable bonds is 14. The SMILES string of the molecule is COc1cc(/C=N/N(CCN2CCOCC2)C2=NS(=O)(=O)c3c(OC)cccc32)ccc1O.COc1cc(/C=N/NCCN2CCOCC2)ccc1O.COc1cccc2c1S(=O)(=O)N=C2Cl.Cl. The Morgan fingerprint density at radius 2 is 1.18 bits per heavy atom. The zero-order chi connectivity index (χ0) is 48.0. The molecule has 4 aromatic rings. The van der Waals surface area contributed by atoms with Gasteiger partial charge in [-0.15, -0.1) is 21.2 Å². The molecule has 0 atom stereocenters. The van der Waals surface area contributed by atoms with Crippen LogP contribution < -0.4 is 24.4 Å². The molecular weight excluding hydrogens is 968 g/mol. The highest BCUT2D eigenvalue weighted by Crippen LogP contribution is 2.37. The van der Waals surface area contributed by atoms with Gasteiger partial charge in [0, 0.05) is 56.9 Å². The Morgan fingerprint density at radius 1 is 0.691 bits per heavy atom. The fourth-order valence-electron chi connectivity index (χ4n) is 7.00. The van der Waals surface area contributed by atoms with Gasteiger partial charge in [0.15, 0.2) is 34.0 Å². The Balaban J connectivity index is 0.000000209. The van der Waals surface area contributed by atoms with E-state index < -0.39 is 20.0 Å². The van der Waals surface area contributed by atoms with E-state index in [1.54, 1.807) is 84.2 Å². The molecule has 0 radical (unpaired) electrons. The Labute approximate surface area is 406 Å². The molecule has 0 aromatic heterocycles. The summed E-state index contributed by atoms with van der Waals surface area (Å²) in [5.41, 5.74) is 5.40. The third-order valence-electron chi connectivity index (χ3n) is 10.5. The van der Waals surface area contributed by atoms with Gasteiger partial charge in [-0.25, -0.2) is 5.01 Å². The van der Waals surface area contributed by atoms with Crippen molar-refractivity contribution in [3.63, 3.8) is 0 Å². The first-order valence-electron chi connectivity index (χ1n) is 20.9. The summed E-state index contributed by atoms with van der Waals surface area (Å²) in [5.74, 6) is 1.65. The number of aromatic hydroxyl groups is 2. The number of methoxy groups -OCH3 is 4. The summed E-state index contributed by atoms with van der Waals surface area (Å²) < 4.78 is 87.2. The van der Waals surface area contributed by atoms with Gasteiger partial charge in [-0.3, -0.25) is 9.80 Å². The number of ether oxygens (including phenoxy) is 6. The number of halogens is 2. The standard InChI is InChI=1S/C22H26N4O6S.C14H21N3O3.C8H6ClNO3S.ClH/c1-30-19-5-3-4-17-21(19)33(28,29)24-22(17)26(9-8-25-10-12-32-13-11-25)23-15-16-6-7-18(27)20(14-16)31-2;1-19-14-10-12(2-3-13(14)18)11-16-15-4-5-17-6-8-20-9-7-17;1-13-6-4-2-3-5-7(6)14(11,12)10-8(5)9;/h3-7,14-15,27H,8-13H2,1-2H3;2-3,10-11,15,18H,4-9H2,1H3;2-4H,1H3;1H/b23-15+;16-11+;;. The molecule has 4 heterocycles. The van der Waals surface area contributed by atoms with E-state index in [0.29, 0.717) is 54.5 Å². The van der Waals surface area contributed by atoms with Crippen LogP contribution in [0.4, 0.5) is 0 Å². The van der Waals surface area contributed by atoms with E-state index in [0.717, 1.165) is 58.0 Å². The van der Waals surface area contributed by atoms with Crippen molar-refractivity contribution in [3.05, 3.63) is 95.1 Å². The van der Waals surface area contributed by atoms with Crippen molar-refractivity contribution in [1.29, 1.82) is 0 Å². The summed E-state index contributed by atoms with van der Waals surface area (Å²) in [4.78, 5) is 4.66. The van der Waals surface area contributed by atoms with Gasteiger partial charge in [0.25, 0.3) is 20.0 Å². The van der Waals surface area contributed by atoms with Crippen LogP contribution in [0.25, 0.3) is 0 Å². The van der Waals surface area contributed by atoms with E-state index in [9.17, 15) is 27.0 Å². The molecule has 4 aliphatic heterocycles. The van der Waals surface area contributed by atoms with Crippen LogP contribution in [0.1, 0.15) is 22.3 Å². The Kier molecular flexibility index (Phi) is 19.6. The number of phenolic OH excluding ortho intramolecular Hbond substituents is 2. The molecule has 68 heavy (non-hydrogen) atoms. The molecule has 0 bridgehead atoms. The number of amidine groups is 1. The van der Waals surface area contributed by atoms with Crippen LogP contribution in [0.2, 0.25) is 0 Å². The van der Waals surface area contributed by atoms with Gasteiger partial charge in [0.05, 0.1) is 73.8 Å². The quantitative estimate of drug-likeness (QED) is 0.0920. The number of hydrogen-bond acceptors (Lipinski definition) is 18. The largest absolute Gasteiger partial charge is 0.504 e. The molecule has 0 spiro atoms. The number of hydrogen-bond donors (Lipinski definition) is 3. The molecule has 8 rings (SSSR count). The molecule has 0 amide bonds. The Morgan fingerprint density at radius 3 is 1.72 bits per heavy atom. The zero-order valence-electron chi connectivity index (χ0n) is 37.8. The van der Waals surface area contributed by atoms with Gasteiger partial charge < -0.3 is 44.1 Å². The van der Waals surface area contributed by atoms with Gasteiger partial charge in [-0.2, -0.15) is 27.0 Å². The first-order valence-corrected chi connectivity index (χ1v) is 24.2. The molecule has 3 N–H and O–H groups in total. The summed E-state index contributed by atoms with van der Waals surface area (Å²) in [6, 6.07) is 19.8. The molecule has 0 saturated carbocycles. The van der Waals surface area contributed by atoms with E-state index in [2.05, 4.69) is 34.2 Å². The number of morpholine rings is 2. The van der Waals surface area contributed by atoms with Gasteiger partial charge in [0.1, 0.15) is 21.3 Å². The number of nitrogens with one attached hydrogen (secondary N) is 1. The van der Waals surface area contributed by atoms with E-state index in [4.69, 9.17) is 40.0 Å². The average Bonchev–Trinajstić information content (AvgIpc) is 3.76. The normalized spacial score (nSPS) is 17.0. The zero-order valence-corrected chi connectivity index (χ0v) is 41.0. The minimum Gasteiger partial charge on any atom is -0.504 e. The first-order chi connectivity index (χ1) is 32.3. The van der Waals surface area contributed by atoms with E-state index >= 15 is 0 Å². The van der Waals surface area contributed by atoms with Crippen LogP contribution in [0.15, 0.2) is 102 Å². The van der Waals surface area contributed by atoms with Gasteiger partial charge in [-0.1, -0.05) is 29.8 Å². The number of fused-ring (bicyclic) bond motifs is 2. The molecule has 0 unspecified atom stereocenters. The highest BCUT2D eigenvalue weighted by atomic mass is 35.5. The average molecular weight is 1020 g/mol. The second-order valence-electron chi connectivity index (χ2n) is 14.7. The van der Waals surface area contributed by atoms with Crippen molar-refractivity contribution < 1.29 is 55.5 Å². The fourth-order valence-corrected chi connectivity index (χ4v) is 10.1. The number of nitrogens with zero attached hydrogens (tertiary/aromatic N) is 7. The van der Waals surface area contributed by atoms with Crippen LogP contribution in [0, 0.1) is 0 Å². The Hall–Kier alpha value is -5.72. The van der Waals surface area contributed by atoms with Crippen molar-refractivity contribution in [3.8, 4) is 34.5 Å². The molecule has 368 valence electrons. The topological polar surface area (TPSA) is 235 Å². The highest BCUT2D eigenvalue weighted by molar-refractivity contribution is 7.91. The van der Waals surface area contributed by atoms with Crippen LogP contribution in [0.5, 0.6) is 34.5 Å².